The Hall–Kier alpha value is -1.96. The number of hydrogen-bond donors (Lipinski definition) is 0. The SMILES string of the molecule is [O-]C(CCCC([O-])=C1C=CC=C1)=C1C=CC=C1. The van der Waals surface area contributed by atoms with E-state index in [1.807, 2.05) is 24.3 Å². The van der Waals surface area contributed by atoms with Gasteiger partial charge in [0.25, 0.3) is 0 Å². The Labute approximate surface area is 101 Å². The summed E-state index contributed by atoms with van der Waals surface area (Å²) < 4.78 is 0. The molecular formula is C15H14O2-2. The summed E-state index contributed by atoms with van der Waals surface area (Å²) in [6.45, 7) is 0. The Bertz CT molecular complexity index is 399. The minimum absolute atomic E-state index is 0.116. The fourth-order valence-electron chi connectivity index (χ4n) is 1.82. The van der Waals surface area contributed by atoms with Crippen LogP contribution in [0.2, 0.25) is 0 Å². The van der Waals surface area contributed by atoms with Gasteiger partial charge in [-0.05, 0) is 30.4 Å². The zero-order chi connectivity index (χ0) is 12.1. The molecule has 2 aliphatic rings. The molecule has 0 spiro atoms. The molecule has 0 aromatic rings. The van der Waals surface area contributed by atoms with Crippen LogP contribution in [0.4, 0.5) is 0 Å². The number of hydrogen-bond acceptors (Lipinski definition) is 2. The van der Waals surface area contributed by atoms with Gasteiger partial charge in [-0.1, -0.05) is 48.6 Å². The summed E-state index contributed by atoms with van der Waals surface area (Å²) in [5.41, 5.74) is 1.48. The fraction of sp³-hybridized carbons (Fsp3) is 0.200. The number of allylic oxidation sites excluding steroid dienone is 12. The molecule has 0 saturated heterocycles. The van der Waals surface area contributed by atoms with Crippen LogP contribution in [0, 0.1) is 0 Å². The van der Waals surface area contributed by atoms with Crippen molar-refractivity contribution in [2.45, 2.75) is 19.3 Å². The van der Waals surface area contributed by atoms with Crippen LogP contribution in [0.5, 0.6) is 0 Å². The molecule has 0 fully saturated rings. The molecular weight excluding hydrogens is 212 g/mol. The van der Waals surface area contributed by atoms with E-state index in [-0.39, 0.29) is 11.5 Å². The standard InChI is InChI=1S/C15H16O2/c16-14(12-6-1-2-7-12)10-5-11-15(17)13-8-3-4-9-13/h1-4,6-9,16-17H,5,10-11H2/p-2. The van der Waals surface area contributed by atoms with Gasteiger partial charge >= 0.3 is 0 Å². The van der Waals surface area contributed by atoms with Gasteiger partial charge < -0.3 is 10.2 Å². The van der Waals surface area contributed by atoms with Crippen molar-refractivity contribution in [1.29, 1.82) is 0 Å². The van der Waals surface area contributed by atoms with E-state index < -0.39 is 0 Å². The lowest BCUT2D eigenvalue weighted by atomic mass is 10.1. The van der Waals surface area contributed by atoms with Crippen LogP contribution >= 0.6 is 0 Å². The van der Waals surface area contributed by atoms with Crippen molar-refractivity contribution in [3.05, 3.63) is 71.3 Å². The molecule has 0 radical (unpaired) electrons. The second kappa shape index (κ2) is 5.39. The first-order valence-electron chi connectivity index (χ1n) is 5.77. The Kier molecular flexibility index (Phi) is 3.66. The van der Waals surface area contributed by atoms with Crippen molar-refractivity contribution in [1.82, 2.24) is 0 Å². The summed E-state index contributed by atoms with van der Waals surface area (Å²) in [4.78, 5) is 0. The highest BCUT2D eigenvalue weighted by Gasteiger charge is 1.97. The van der Waals surface area contributed by atoms with Gasteiger partial charge in [-0.3, -0.25) is 0 Å². The fourth-order valence-corrected chi connectivity index (χ4v) is 1.82. The van der Waals surface area contributed by atoms with E-state index in [0.29, 0.717) is 19.3 Å². The van der Waals surface area contributed by atoms with Crippen molar-refractivity contribution >= 4 is 0 Å². The molecule has 0 heterocycles. The maximum absolute atomic E-state index is 11.7. The average Bonchev–Trinajstić information content (AvgIpc) is 3.02. The largest absolute Gasteiger partial charge is 0.875 e. The third kappa shape index (κ3) is 3.00. The molecule has 2 nitrogen and oxygen atoms in total. The zero-order valence-corrected chi connectivity index (χ0v) is 9.56. The molecule has 0 aliphatic heterocycles. The molecule has 0 N–H and O–H groups in total. The summed E-state index contributed by atoms with van der Waals surface area (Å²) in [5.74, 6) is 0.232. The molecule has 0 bridgehead atoms. The van der Waals surface area contributed by atoms with E-state index in [1.54, 1.807) is 24.3 Å². The van der Waals surface area contributed by atoms with Crippen LogP contribution < -0.4 is 10.2 Å². The minimum Gasteiger partial charge on any atom is -0.875 e. The first-order chi connectivity index (χ1) is 8.27. The van der Waals surface area contributed by atoms with Gasteiger partial charge in [0.1, 0.15) is 0 Å². The number of rotatable bonds is 4. The predicted octanol–water partition coefficient (Wildman–Crippen LogP) is 1.64. The summed E-state index contributed by atoms with van der Waals surface area (Å²) in [7, 11) is 0. The van der Waals surface area contributed by atoms with E-state index in [4.69, 9.17) is 0 Å². The van der Waals surface area contributed by atoms with E-state index in [0.717, 1.165) is 11.1 Å². The highest BCUT2D eigenvalue weighted by atomic mass is 16.3. The van der Waals surface area contributed by atoms with E-state index in [1.165, 1.54) is 0 Å². The maximum Gasteiger partial charge on any atom is -0.0376 e. The van der Waals surface area contributed by atoms with Crippen LogP contribution in [-0.4, -0.2) is 0 Å². The van der Waals surface area contributed by atoms with Gasteiger partial charge in [-0.15, -0.1) is 11.5 Å². The lowest BCUT2D eigenvalue weighted by molar-refractivity contribution is -0.312. The lowest BCUT2D eigenvalue weighted by Crippen LogP contribution is -2.09. The van der Waals surface area contributed by atoms with Gasteiger partial charge in [0, 0.05) is 0 Å². The van der Waals surface area contributed by atoms with Crippen molar-refractivity contribution in [2.24, 2.45) is 0 Å². The van der Waals surface area contributed by atoms with E-state index in [9.17, 15) is 10.2 Å². The Morgan fingerprint density at radius 1 is 0.706 bits per heavy atom. The van der Waals surface area contributed by atoms with Gasteiger partial charge in [-0.2, -0.15) is 0 Å². The van der Waals surface area contributed by atoms with Gasteiger partial charge in [0.15, 0.2) is 0 Å². The highest BCUT2D eigenvalue weighted by Crippen LogP contribution is 2.17. The van der Waals surface area contributed by atoms with E-state index >= 15 is 0 Å². The molecule has 0 atom stereocenters. The third-order valence-electron chi connectivity index (χ3n) is 2.78. The first kappa shape index (κ1) is 11.5. The Balaban J connectivity index is 1.84. The molecule has 0 aromatic carbocycles. The quantitative estimate of drug-likeness (QED) is 0.684. The molecule has 88 valence electrons. The third-order valence-corrected chi connectivity index (χ3v) is 2.78. The smallest absolute Gasteiger partial charge is 0.0376 e. The molecule has 0 aromatic heterocycles. The van der Waals surface area contributed by atoms with Crippen LogP contribution in [0.1, 0.15) is 19.3 Å². The Morgan fingerprint density at radius 3 is 1.41 bits per heavy atom. The van der Waals surface area contributed by atoms with Crippen molar-refractivity contribution in [3.8, 4) is 0 Å². The summed E-state index contributed by atoms with van der Waals surface area (Å²) in [6, 6.07) is 0. The zero-order valence-electron chi connectivity index (χ0n) is 9.56. The van der Waals surface area contributed by atoms with Crippen LogP contribution in [-0.2, 0) is 0 Å². The molecule has 2 aliphatic carbocycles. The average molecular weight is 226 g/mol. The van der Waals surface area contributed by atoms with Crippen molar-refractivity contribution < 1.29 is 10.2 Å². The van der Waals surface area contributed by atoms with Gasteiger partial charge in [-0.25, -0.2) is 0 Å². The van der Waals surface area contributed by atoms with Crippen LogP contribution in [0.3, 0.4) is 0 Å². The Morgan fingerprint density at radius 2 is 1.06 bits per heavy atom. The van der Waals surface area contributed by atoms with Gasteiger partial charge in [0.05, 0.1) is 0 Å². The van der Waals surface area contributed by atoms with Crippen LogP contribution in [0.15, 0.2) is 71.3 Å². The second-order valence-corrected chi connectivity index (χ2v) is 4.05. The summed E-state index contributed by atoms with van der Waals surface area (Å²) in [5, 5.41) is 23.3. The van der Waals surface area contributed by atoms with Crippen molar-refractivity contribution in [3.63, 3.8) is 0 Å². The highest BCUT2D eigenvalue weighted by molar-refractivity contribution is 5.42. The lowest BCUT2D eigenvalue weighted by Gasteiger charge is -2.18. The molecule has 0 saturated carbocycles. The molecule has 17 heavy (non-hydrogen) atoms. The van der Waals surface area contributed by atoms with Crippen LogP contribution in [0.25, 0.3) is 0 Å². The molecule has 0 unspecified atom stereocenters. The predicted molar refractivity (Wildman–Crippen MR) is 64.5 cm³/mol. The van der Waals surface area contributed by atoms with E-state index in [2.05, 4.69) is 0 Å². The molecule has 0 amide bonds. The topological polar surface area (TPSA) is 46.1 Å². The first-order valence-corrected chi connectivity index (χ1v) is 5.77. The van der Waals surface area contributed by atoms with Crippen molar-refractivity contribution in [2.75, 3.05) is 0 Å². The normalized spacial score (nSPS) is 16.2. The van der Waals surface area contributed by atoms with Gasteiger partial charge in [0.2, 0.25) is 0 Å². The molecule has 2 rings (SSSR count). The summed E-state index contributed by atoms with van der Waals surface area (Å²) in [6.07, 6.45) is 16.1. The maximum atomic E-state index is 11.7. The second-order valence-electron chi connectivity index (χ2n) is 4.05. The summed E-state index contributed by atoms with van der Waals surface area (Å²) >= 11 is 0. The minimum atomic E-state index is 0.116. The monoisotopic (exact) mass is 226 g/mol. The molecule has 2 heteroatoms.